The third-order valence-corrected chi connectivity index (χ3v) is 5.85. The fourth-order valence-corrected chi connectivity index (χ4v) is 4.10. The summed E-state index contributed by atoms with van der Waals surface area (Å²) in [5, 5.41) is 20.9. The summed E-state index contributed by atoms with van der Waals surface area (Å²) < 4.78 is 91.8. The average Bonchev–Trinajstić information content (AvgIpc) is 3.08. The summed E-state index contributed by atoms with van der Waals surface area (Å²) in [6, 6.07) is 7.46. The Labute approximate surface area is 199 Å². The molecule has 1 unspecified atom stereocenters. The number of aromatic hydroxyl groups is 1. The number of phenolic OH excluding ortho intramolecular Hbond substituents is 1. The Morgan fingerprint density at radius 1 is 1.09 bits per heavy atom. The van der Waals surface area contributed by atoms with Gasteiger partial charge in [-0.1, -0.05) is 23.2 Å². The first-order valence-electron chi connectivity index (χ1n) is 8.65. The van der Waals surface area contributed by atoms with Gasteiger partial charge in [0.25, 0.3) is 0 Å². The summed E-state index contributed by atoms with van der Waals surface area (Å²) in [4.78, 5) is 2.71. The van der Waals surface area contributed by atoms with E-state index < -0.39 is 60.6 Å². The largest absolute Gasteiger partial charge is 0.604 e. The van der Waals surface area contributed by atoms with Crippen molar-refractivity contribution in [3.63, 3.8) is 0 Å². The number of phenols is 1. The highest BCUT2D eigenvalue weighted by molar-refractivity contribution is 7.92. The van der Waals surface area contributed by atoms with Gasteiger partial charge in [-0.25, -0.2) is 9.67 Å². The van der Waals surface area contributed by atoms with Gasteiger partial charge in [-0.2, -0.15) is 18.4 Å². The van der Waals surface area contributed by atoms with Crippen LogP contribution in [0.15, 0.2) is 46.3 Å². The van der Waals surface area contributed by atoms with Crippen LogP contribution >= 0.6 is 23.2 Å². The molecule has 0 bridgehead atoms. The van der Waals surface area contributed by atoms with Crippen LogP contribution in [0.5, 0.6) is 5.75 Å². The SMILES string of the molecule is N#Cc1nn(-c2c(Cl)cc(C(F)(F)F)cc2Cl)c(/N=C/c2ccc(O)cc2)c1[S+]([O-])C(F)(F)F. The van der Waals surface area contributed by atoms with Crippen molar-refractivity contribution in [1.82, 2.24) is 9.78 Å². The van der Waals surface area contributed by atoms with E-state index in [4.69, 9.17) is 23.2 Å². The summed E-state index contributed by atoms with van der Waals surface area (Å²) in [7, 11) is 0. The number of benzene rings is 2. The molecule has 178 valence electrons. The molecule has 6 nitrogen and oxygen atoms in total. The lowest BCUT2D eigenvalue weighted by atomic mass is 10.2. The second-order valence-corrected chi connectivity index (χ2v) is 8.60. The van der Waals surface area contributed by atoms with Gasteiger partial charge in [0, 0.05) is 6.21 Å². The highest BCUT2D eigenvalue weighted by atomic mass is 35.5. The Kier molecular flexibility index (Phi) is 7.09. The van der Waals surface area contributed by atoms with Gasteiger partial charge >= 0.3 is 11.7 Å². The minimum Gasteiger partial charge on any atom is -0.604 e. The molecular formula is C19H8Cl2F6N4O2S. The van der Waals surface area contributed by atoms with Crippen LogP contribution in [0.2, 0.25) is 10.0 Å². The fourth-order valence-electron chi connectivity index (χ4n) is 2.65. The molecule has 0 saturated heterocycles. The quantitative estimate of drug-likeness (QED) is 0.243. The lowest BCUT2D eigenvalue weighted by molar-refractivity contribution is -0.137. The van der Waals surface area contributed by atoms with Gasteiger partial charge in [0.15, 0.2) is 0 Å². The van der Waals surface area contributed by atoms with E-state index >= 15 is 0 Å². The van der Waals surface area contributed by atoms with Gasteiger partial charge < -0.3 is 9.66 Å². The van der Waals surface area contributed by atoms with E-state index in [2.05, 4.69) is 10.1 Å². The van der Waals surface area contributed by atoms with Crippen LogP contribution in [0.25, 0.3) is 5.69 Å². The topological polar surface area (TPSA) is 97.3 Å². The molecule has 0 radical (unpaired) electrons. The molecule has 0 amide bonds. The molecule has 15 heteroatoms. The van der Waals surface area contributed by atoms with Crippen LogP contribution in [0.1, 0.15) is 16.8 Å². The summed E-state index contributed by atoms with van der Waals surface area (Å²) >= 11 is 8.10. The van der Waals surface area contributed by atoms with E-state index in [0.717, 1.165) is 6.21 Å². The van der Waals surface area contributed by atoms with Crippen LogP contribution in [-0.4, -0.2) is 31.2 Å². The zero-order valence-electron chi connectivity index (χ0n) is 16.1. The van der Waals surface area contributed by atoms with Crippen LogP contribution in [-0.2, 0) is 17.4 Å². The molecule has 0 aliphatic rings. The third-order valence-electron chi connectivity index (χ3n) is 4.11. The second kappa shape index (κ2) is 9.38. The summed E-state index contributed by atoms with van der Waals surface area (Å²) in [5.74, 6) is -0.917. The maximum atomic E-state index is 13.3. The minimum absolute atomic E-state index is 0.115. The summed E-state index contributed by atoms with van der Waals surface area (Å²) in [6.45, 7) is 0. The molecule has 0 saturated carbocycles. The Hall–Kier alpha value is -2.92. The zero-order chi connectivity index (χ0) is 25.4. The zero-order valence-corrected chi connectivity index (χ0v) is 18.4. The maximum absolute atomic E-state index is 13.3. The van der Waals surface area contributed by atoms with Gasteiger partial charge in [-0.15, -0.1) is 18.3 Å². The van der Waals surface area contributed by atoms with E-state index in [-0.39, 0.29) is 11.3 Å². The van der Waals surface area contributed by atoms with Crippen molar-refractivity contribution in [3.8, 4) is 17.5 Å². The number of nitrogens with zero attached hydrogens (tertiary/aromatic N) is 4. The smallest absolute Gasteiger partial charge is 0.578 e. The molecule has 1 aromatic heterocycles. The van der Waals surface area contributed by atoms with Crippen molar-refractivity contribution in [2.45, 2.75) is 16.6 Å². The second-order valence-electron chi connectivity index (χ2n) is 6.38. The van der Waals surface area contributed by atoms with E-state index in [1.807, 2.05) is 0 Å². The van der Waals surface area contributed by atoms with Crippen molar-refractivity contribution in [3.05, 3.63) is 63.3 Å². The molecule has 1 N–H and O–H groups in total. The fraction of sp³-hybridized carbons (Fsp3) is 0.105. The molecular weight excluding hydrogens is 533 g/mol. The number of hydrogen-bond acceptors (Lipinski definition) is 5. The lowest BCUT2D eigenvalue weighted by Crippen LogP contribution is -2.23. The third kappa shape index (κ3) is 5.25. The first kappa shape index (κ1) is 25.7. The van der Waals surface area contributed by atoms with Crippen molar-refractivity contribution in [1.29, 1.82) is 5.26 Å². The van der Waals surface area contributed by atoms with Gasteiger partial charge in [-0.05, 0) is 42.0 Å². The van der Waals surface area contributed by atoms with Crippen molar-refractivity contribution >= 4 is 46.4 Å². The number of alkyl halides is 6. The molecule has 3 rings (SSSR count). The number of nitriles is 1. The van der Waals surface area contributed by atoms with Crippen LogP contribution in [0, 0.1) is 11.3 Å². The monoisotopic (exact) mass is 540 g/mol. The van der Waals surface area contributed by atoms with Crippen LogP contribution < -0.4 is 0 Å². The normalized spacial score (nSPS) is 13.3. The number of aromatic nitrogens is 2. The highest BCUT2D eigenvalue weighted by Crippen LogP contribution is 2.43. The van der Waals surface area contributed by atoms with Crippen molar-refractivity contribution in [2.75, 3.05) is 0 Å². The number of halogens is 8. The van der Waals surface area contributed by atoms with E-state index in [0.29, 0.717) is 16.8 Å². The van der Waals surface area contributed by atoms with Gasteiger partial charge in [0.2, 0.25) is 16.4 Å². The van der Waals surface area contributed by atoms with E-state index in [1.54, 1.807) is 0 Å². The number of aliphatic imine (C=N–C) groups is 1. The standard InChI is InChI=1S/C19H8Cl2F6N4O2S/c20-12-5-10(18(22,23)24)6-13(21)15(12)31-17(29-8-9-1-3-11(32)4-2-9)16(14(7-28)30-31)34(33)19(25,26)27/h1-6,8,32H/b29-8+. The molecule has 34 heavy (non-hydrogen) atoms. The van der Waals surface area contributed by atoms with Crippen molar-refractivity contribution in [2.24, 2.45) is 4.99 Å². The number of rotatable bonds is 4. The average molecular weight is 541 g/mol. The van der Waals surface area contributed by atoms with Crippen LogP contribution in [0.3, 0.4) is 0 Å². The molecule has 0 aliphatic carbocycles. The molecule has 1 heterocycles. The Bertz CT molecular complexity index is 1280. The minimum atomic E-state index is -5.32. The van der Waals surface area contributed by atoms with Gasteiger partial charge in [0.1, 0.15) is 28.7 Å². The summed E-state index contributed by atoms with van der Waals surface area (Å²) in [6.07, 6.45) is -3.84. The molecule has 1 atom stereocenters. The van der Waals surface area contributed by atoms with Gasteiger partial charge in [0.05, 0.1) is 15.6 Å². The first-order valence-corrected chi connectivity index (χ1v) is 10.6. The first-order chi connectivity index (χ1) is 15.7. The maximum Gasteiger partial charge on any atom is 0.578 e. The predicted molar refractivity (Wildman–Crippen MR) is 111 cm³/mol. The molecule has 2 aromatic carbocycles. The Morgan fingerprint density at radius 3 is 2.12 bits per heavy atom. The van der Waals surface area contributed by atoms with Crippen molar-refractivity contribution < 1.29 is 36.0 Å². The highest BCUT2D eigenvalue weighted by Gasteiger charge is 2.50. The lowest BCUT2D eigenvalue weighted by Gasteiger charge is -2.14. The predicted octanol–water partition coefficient (Wildman–Crippen LogP) is 6.15. The van der Waals surface area contributed by atoms with E-state index in [1.165, 1.54) is 30.3 Å². The molecule has 0 fully saturated rings. The Morgan fingerprint density at radius 2 is 1.65 bits per heavy atom. The van der Waals surface area contributed by atoms with Crippen LogP contribution in [0.4, 0.5) is 32.2 Å². The molecule has 3 aromatic rings. The van der Waals surface area contributed by atoms with Gasteiger partial charge in [-0.3, -0.25) is 0 Å². The summed E-state index contributed by atoms with van der Waals surface area (Å²) in [5.41, 5.74) is -7.78. The number of hydrogen-bond donors (Lipinski definition) is 1. The molecule has 0 spiro atoms. The Balaban J connectivity index is 2.31. The van der Waals surface area contributed by atoms with E-state index in [9.17, 15) is 41.3 Å². The molecule has 0 aliphatic heterocycles.